The number of methoxy groups -OCH3 is 1. The smallest absolute Gasteiger partial charge is 0.407 e. The molecule has 58 heavy (non-hydrogen) atoms. The van der Waals surface area contributed by atoms with Gasteiger partial charge in [-0.25, -0.2) is 9.78 Å². The molecule has 3 aromatic rings. The second-order valence-corrected chi connectivity index (χ2v) is 16.6. The number of amides is 4. The number of aromatic nitrogens is 2. The molecule has 14 nitrogen and oxygen atoms in total. The van der Waals surface area contributed by atoms with Crippen LogP contribution in [0.3, 0.4) is 0 Å². The Hall–Kier alpha value is -4.95. The number of aromatic amines is 1. The first-order valence-electron chi connectivity index (χ1n) is 20.5. The summed E-state index contributed by atoms with van der Waals surface area (Å²) in [7, 11) is 3.08. The van der Waals surface area contributed by atoms with Gasteiger partial charge in [0.1, 0.15) is 24.4 Å². The Kier molecular flexibility index (Phi) is 17.6. The highest BCUT2D eigenvalue weighted by Crippen LogP contribution is 2.29. The number of ether oxygens (including phenoxy) is 2. The van der Waals surface area contributed by atoms with Crippen LogP contribution in [0.4, 0.5) is 4.79 Å². The number of H-pyrrole nitrogens is 1. The number of nitrogens with one attached hydrogen (secondary N) is 4. The van der Waals surface area contributed by atoms with E-state index in [4.69, 9.17) is 9.47 Å². The summed E-state index contributed by atoms with van der Waals surface area (Å²) in [5, 5.41) is 30.9. The fraction of sp³-hybridized carbons (Fsp3) is 0.568. The second kappa shape index (κ2) is 22.3. The molecule has 0 aliphatic heterocycles. The van der Waals surface area contributed by atoms with Gasteiger partial charge in [-0.15, -0.1) is 0 Å². The minimum atomic E-state index is -1.10. The van der Waals surface area contributed by atoms with Gasteiger partial charge in [-0.1, -0.05) is 88.4 Å². The first-order chi connectivity index (χ1) is 27.6. The number of alkyl carbamates (subject to hydrolysis) is 1. The molecule has 2 aromatic carbocycles. The van der Waals surface area contributed by atoms with E-state index in [1.54, 1.807) is 51.4 Å². The van der Waals surface area contributed by atoms with Crippen LogP contribution in [0.15, 0.2) is 67.1 Å². The molecule has 6 N–H and O–H groups in total. The maximum Gasteiger partial charge on any atom is 0.407 e. The molecule has 1 saturated carbocycles. The van der Waals surface area contributed by atoms with Gasteiger partial charge >= 0.3 is 6.09 Å². The van der Waals surface area contributed by atoms with Gasteiger partial charge in [0.05, 0.1) is 31.7 Å². The molecular weight excluding hydrogens is 741 g/mol. The molecular formula is C44H64N6O8. The van der Waals surface area contributed by atoms with Crippen LogP contribution in [-0.2, 0) is 38.6 Å². The van der Waals surface area contributed by atoms with Crippen molar-refractivity contribution in [3.05, 3.63) is 83.9 Å². The predicted molar refractivity (Wildman–Crippen MR) is 221 cm³/mol. The zero-order chi connectivity index (χ0) is 42.2. The number of aliphatic hydroxyl groups excluding tert-OH is 2. The lowest BCUT2D eigenvalue weighted by Gasteiger charge is -2.35. The minimum Gasteiger partial charge on any atom is -0.497 e. The lowest BCUT2D eigenvalue weighted by Crippen LogP contribution is -2.58. The molecule has 2 unspecified atom stereocenters. The SMILES string of the molecule is COc1ccc(C[C@H](NC(=O)CC(C)(C)NC(=O)OCc2ccccc2)C(=O)N(C)[C@@H](Cc2cnc[nH]2)C(=O)N[C@@H](CC2CCCCC2)C(O)CC(O)C(C)C)cc1. The van der Waals surface area contributed by atoms with Gasteiger partial charge in [-0.3, -0.25) is 14.4 Å². The van der Waals surface area contributed by atoms with Crippen LogP contribution < -0.4 is 20.7 Å². The van der Waals surface area contributed by atoms with Crippen LogP contribution in [0, 0.1) is 11.8 Å². The van der Waals surface area contributed by atoms with Crippen molar-refractivity contribution in [3.63, 3.8) is 0 Å². The summed E-state index contributed by atoms with van der Waals surface area (Å²) in [5.74, 6) is -0.631. The fourth-order valence-corrected chi connectivity index (χ4v) is 7.39. The Balaban J connectivity index is 1.55. The third kappa shape index (κ3) is 14.8. The number of imidazole rings is 1. The van der Waals surface area contributed by atoms with E-state index in [0.717, 1.165) is 43.2 Å². The van der Waals surface area contributed by atoms with Gasteiger partial charge in [0.2, 0.25) is 17.7 Å². The number of carbonyl (C=O) groups is 4. The first-order valence-corrected chi connectivity index (χ1v) is 20.5. The molecule has 1 aliphatic rings. The van der Waals surface area contributed by atoms with Crippen LogP contribution >= 0.6 is 0 Å². The Morgan fingerprint density at radius 1 is 0.931 bits per heavy atom. The van der Waals surface area contributed by atoms with Crippen molar-refractivity contribution in [2.24, 2.45) is 11.8 Å². The van der Waals surface area contributed by atoms with Gasteiger partial charge in [0.25, 0.3) is 0 Å². The van der Waals surface area contributed by atoms with E-state index in [-0.39, 0.29) is 38.2 Å². The predicted octanol–water partition coefficient (Wildman–Crippen LogP) is 4.83. The zero-order valence-corrected chi connectivity index (χ0v) is 34.9. The Labute approximate surface area is 342 Å². The highest BCUT2D eigenvalue weighted by molar-refractivity contribution is 5.92. The number of hydrogen-bond donors (Lipinski definition) is 6. The summed E-state index contributed by atoms with van der Waals surface area (Å²) in [6, 6.07) is 13.6. The molecule has 1 aliphatic carbocycles. The lowest BCUT2D eigenvalue weighted by molar-refractivity contribution is -0.142. The van der Waals surface area contributed by atoms with Crippen molar-refractivity contribution < 1.29 is 38.9 Å². The highest BCUT2D eigenvalue weighted by atomic mass is 16.5. The summed E-state index contributed by atoms with van der Waals surface area (Å²) in [5.41, 5.74) is 1.13. The zero-order valence-electron chi connectivity index (χ0n) is 34.9. The van der Waals surface area contributed by atoms with Gasteiger partial charge in [0.15, 0.2) is 0 Å². The summed E-state index contributed by atoms with van der Waals surface area (Å²) < 4.78 is 10.7. The van der Waals surface area contributed by atoms with Crippen molar-refractivity contribution in [2.45, 2.75) is 134 Å². The average molecular weight is 805 g/mol. The van der Waals surface area contributed by atoms with Crippen LogP contribution in [0.1, 0.15) is 95.9 Å². The normalized spacial score (nSPS) is 16.0. The Morgan fingerprint density at radius 3 is 2.24 bits per heavy atom. The van der Waals surface area contributed by atoms with Gasteiger partial charge < -0.3 is 45.5 Å². The number of hydrogen-bond acceptors (Lipinski definition) is 9. The molecule has 14 heteroatoms. The van der Waals surface area contributed by atoms with E-state index >= 15 is 0 Å². The molecule has 4 rings (SSSR count). The van der Waals surface area contributed by atoms with Crippen LogP contribution in [-0.4, -0.2) is 98.9 Å². The number of carbonyl (C=O) groups excluding carboxylic acids is 4. The number of likely N-dealkylation sites (N-methyl/N-ethyl adjacent to an activating group) is 1. The summed E-state index contributed by atoms with van der Waals surface area (Å²) in [6.45, 7) is 7.20. The molecule has 1 aromatic heterocycles. The van der Waals surface area contributed by atoms with Crippen molar-refractivity contribution in [2.75, 3.05) is 14.2 Å². The monoisotopic (exact) mass is 804 g/mol. The summed E-state index contributed by atoms with van der Waals surface area (Å²) >= 11 is 0. The minimum absolute atomic E-state index is 0.0627. The Morgan fingerprint density at radius 2 is 1.62 bits per heavy atom. The van der Waals surface area contributed by atoms with E-state index in [1.165, 1.54) is 18.3 Å². The molecule has 4 amide bonds. The van der Waals surface area contributed by atoms with E-state index in [9.17, 15) is 29.4 Å². The fourth-order valence-electron chi connectivity index (χ4n) is 7.39. The molecule has 0 bridgehead atoms. The standard InChI is InChI=1S/C44H64N6O8/c1-29(2)38(51)24-39(52)35(21-30-13-9-7-10-14-30)48-41(54)37(23-33-26-45-28-46-33)50(5)42(55)36(22-31-17-19-34(57-6)20-18-31)47-40(53)25-44(3,4)49-43(56)58-27-32-15-11-8-12-16-32/h8,11-12,15-20,26,28-30,35-39,51-52H,7,9-10,13-14,21-25,27H2,1-6H3,(H,45,46)(H,47,53)(H,48,54)(H,49,56)/t35-,36-,37-,38?,39?/m0/s1. The number of aliphatic hydroxyl groups is 2. The number of benzene rings is 2. The largest absolute Gasteiger partial charge is 0.497 e. The molecule has 5 atom stereocenters. The summed E-state index contributed by atoms with van der Waals surface area (Å²) in [6.07, 6.45) is 6.60. The molecule has 0 radical (unpaired) electrons. The van der Waals surface area contributed by atoms with Crippen molar-refractivity contribution >= 4 is 23.8 Å². The third-order valence-electron chi connectivity index (χ3n) is 10.9. The molecule has 0 saturated heterocycles. The highest BCUT2D eigenvalue weighted by Gasteiger charge is 2.37. The van der Waals surface area contributed by atoms with Crippen LogP contribution in [0.5, 0.6) is 5.75 Å². The van der Waals surface area contributed by atoms with Crippen molar-refractivity contribution in [3.8, 4) is 5.75 Å². The second-order valence-electron chi connectivity index (χ2n) is 16.6. The molecule has 318 valence electrons. The van der Waals surface area contributed by atoms with Crippen molar-refractivity contribution in [1.29, 1.82) is 0 Å². The number of rotatable bonds is 21. The van der Waals surface area contributed by atoms with E-state index in [2.05, 4.69) is 25.9 Å². The van der Waals surface area contributed by atoms with E-state index in [1.807, 2.05) is 44.2 Å². The lowest BCUT2D eigenvalue weighted by atomic mass is 9.82. The van der Waals surface area contributed by atoms with Crippen molar-refractivity contribution in [1.82, 2.24) is 30.8 Å². The molecule has 0 spiro atoms. The van der Waals surface area contributed by atoms with Crippen LogP contribution in [0.2, 0.25) is 0 Å². The van der Waals surface area contributed by atoms with Gasteiger partial charge in [-0.2, -0.15) is 0 Å². The topological polar surface area (TPSA) is 195 Å². The van der Waals surface area contributed by atoms with Crippen LogP contribution in [0.25, 0.3) is 0 Å². The maximum atomic E-state index is 14.6. The van der Waals surface area contributed by atoms with Gasteiger partial charge in [0, 0.05) is 50.2 Å². The quantitative estimate of drug-likeness (QED) is 0.0875. The third-order valence-corrected chi connectivity index (χ3v) is 10.9. The van der Waals surface area contributed by atoms with Gasteiger partial charge in [-0.05, 0) is 55.4 Å². The summed E-state index contributed by atoms with van der Waals surface area (Å²) in [4.78, 5) is 63.9. The molecule has 1 heterocycles. The maximum absolute atomic E-state index is 14.6. The molecule has 1 fully saturated rings. The van der Waals surface area contributed by atoms with E-state index < -0.39 is 59.7 Å². The number of nitrogens with zero attached hydrogens (tertiary/aromatic N) is 2. The first kappa shape index (κ1) is 45.7. The Bertz CT molecular complexity index is 1710. The van der Waals surface area contributed by atoms with E-state index in [0.29, 0.717) is 23.8 Å². The average Bonchev–Trinajstić information content (AvgIpc) is 3.72.